The van der Waals surface area contributed by atoms with Gasteiger partial charge in [-0.25, -0.2) is 4.98 Å². The molecule has 3 nitrogen and oxygen atoms in total. The molecule has 1 heterocycles. The van der Waals surface area contributed by atoms with Crippen LogP contribution in [-0.4, -0.2) is 23.7 Å². The number of hydrogen-bond donors (Lipinski definition) is 1. The van der Waals surface area contributed by atoms with Gasteiger partial charge in [0.25, 0.3) is 0 Å². The molecule has 0 aliphatic heterocycles. The number of nitrogens with zero attached hydrogens (tertiary/aromatic N) is 1. The molecule has 0 aliphatic rings. The van der Waals surface area contributed by atoms with Crippen molar-refractivity contribution in [3.63, 3.8) is 0 Å². The molecule has 0 atom stereocenters. The van der Waals surface area contributed by atoms with Gasteiger partial charge < -0.3 is 9.72 Å². The molecule has 0 unspecified atom stereocenters. The van der Waals surface area contributed by atoms with Crippen LogP contribution in [0.1, 0.15) is 5.82 Å². The number of benzene rings is 1. The highest BCUT2D eigenvalue weighted by Gasteiger charge is 2.04. The van der Waals surface area contributed by atoms with Crippen LogP contribution < -0.4 is 0 Å². The lowest BCUT2D eigenvalue weighted by Gasteiger charge is -1.92. The molecule has 2 rings (SSSR count). The Hall–Kier alpha value is -1.06. The average molecular weight is 211 g/mol. The van der Waals surface area contributed by atoms with Gasteiger partial charge in [0.05, 0.1) is 17.1 Å². The fourth-order valence-corrected chi connectivity index (χ4v) is 1.58. The Morgan fingerprint density at radius 3 is 3.07 bits per heavy atom. The molecule has 0 saturated carbocycles. The molecule has 0 aliphatic carbocycles. The summed E-state index contributed by atoms with van der Waals surface area (Å²) >= 11 is 5.99. The lowest BCUT2D eigenvalue weighted by molar-refractivity contribution is 0.201. The molecule has 0 fully saturated rings. The summed E-state index contributed by atoms with van der Waals surface area (Å²) in [5.41, 5.74) is 1.81. The Labute approximate surface area is 87.1 Å². The van der Waals surface area contributed by atoms with Gasteiger partial charge in [-0.1, -0.05) is 17.7 Å². The number of fused-ring (bicyclic) bond motifs is 1. The minimum absolute atomic E-state index is 0.664. The van der Waals surface area contributed by atoms with E-state index in [1.807, 2.05) is 18.2 Å². The fraction of sp³-hybridized carbons (Fsp3) is 0.300. The lowest BCUT2D eigenvalue weighted by atomic mass is 10.3. The highest BCUT2D eigenvalue weighted by atomic mass is 35.5. The molecular weight excluding hydrogens is 200 g/mol. The van der Waals surface area contributed by atoms with Crippen LogP contribution in [0.4, 0.5) is 0 Å². The summed E-state index contributed by atoms with van der Waals surface area (Å²) < 4.78 is 4.98. The number of aromatic amines is 1. The topological polar surface area (TPSA) is 37.9 Å². The van der Waals surface area contributed by atoms with E-state index in [-0.39, 0.29) is 0 Å². The minimum atomic E-state index is 0.664. The summed E-state index contributed by atoms with van der Waals surface area (Å²) in [6.45, 7) is 0.664. The number of ether oxygens (including phenoxy) is 1. The SMILES string of the molecule is COCCc1nc2c(Cl)cccc2[nH]1. The monoisotopic (exact) mass is 210 g/mol. The molecule has 0 amide bonds. The van der Waals surface area contributed by atoms with Crippen molar-refractivity contribution in [2.75, 3.05) is 13.7 Å². The normalized spacial score (nSPS) is 11.0. The number of nitrogens with one attached hydrogen (secondary N) is 1. The van der Waals surface area contributed by atoms with Crippen molar-refractivity contribution < 1.29 is 4.74 Å². The molecule has 2 aromatic rings. The standard InChI is InChI=1S/C10H11ClN2O/c1-14-6-5-9-12-8-4-2-3-7(11)10(8)13-9/h2-4H,5-6H2,1H3,(H,12,13). The van der Waals surface area contributed by atoms with Crippen molar-refractivity contribution in [1.82, 2.24) is 9.97 Å². The van der Waals surface area contributed by atoms with Crippen LogP contribution in [0.5, 0.6) is 0 Å². The van der Waals surface area contributed by atoms with E-state index in [2.05, 4.69) is 9.97 Å². The molecule has 74 valence electrons. The van der Waals surface area contributed by atoms with E-state index in [4.69, 9.17) is 16.3 Å². The maximum atomic E-state index is 5.99. The Bertz CT molecular complexity index is 439. The third-order valence-electron chi connectivity index (χ3n) is 2.06. The molecule has 1 aromatic heterocycles. The first-order chi connectivity index (χ1) is 6.81. The zero-order valence-electron chi connectivity index (χ0n) is 7.88. The van der Waals surface area contributed by atoms with Crippen molar-refractivity contribution in [1.29, 1.82) is 0 Å². The Morgan fingerprint density at radius 2 is 2.36 bits per heavy atom. The van der Waals surface area contributed by atoms with Crippen molar-refractivity contribution in [2.45, 2.75) is 6.42 Å². The Morgan fingerprint density at radius 1 is 1.50 bits per heavy atom. The van der Waals surface area contributed by atoms with Gasteiger partial charge in [0, 0.05) is 13.5 Å². The smallest absolute Gasteiger partial charge is 0.109 e. The summed E-state index contributed by atoms with van der Waals surface area (Å²) in [6, 6.07) is 5.71. The van der Waals surface area contributed by atoms with Gasteiger partial charge in [-0.2, -0.15) is 0 Å². The minimum Gasteiger partial charge on any atom is -0.384 e. The van der Waals surface area contributed by atoms with Crippen LogP contribution in [0.25, 0.3) is 11.0 Å². The predicted molar refractivity (Wildman–Crippen MR) is 56.7 cm³/mol. The number of halogens is 1. The quantitative estimate of drug-likeness (QED) is 0.845. The largest absolute Gasteiger partial charge is 0.384 e. The van der Waals surface area contributed by atoms with E-state index in [9.17, 15) is 0 Å². The van der Waals surface area contributed by atoms with Crippen LogP contribution in [0.15, 0.2) is 18.2 Å². The van der Waals surface area contributed by atoms with Gasteiger partial charge in [0.2, 0.25) is 0 Å². The number of aromatic nitrogens is 2. The van der Waals surface area contributed by atoms with Gasteiger partial charge in [0.15, 0.2) is 0 Å². The predicted octanol–water partition coefficient (Wildman–Crippen LogP) is 2.41. The molecule has 0 spiro atoms. The van der Waals surface area contributed by atoms with E-state index >= 15 is 0 Å². The average Bonchev–Trinajstić information content (AvgIpc) is 2.59. The molecule has 0 bridgehead atoms. The maximum absolute atomic E-state index is 5.99. The first kappa shape index (κ1) is 9.49. The highest BCUT2D eigenvalue weighted by molar-refractivity contribution is 6.34. The number of imidazole rings is 1. The Balaban J connectivity index is 2.36. The van der Waals surface area contributed by atoms with Gasteiger partial charge in [-0.15, -0.1) is 0 Å². The molecule has 1 N–H and O–H groups in total. The van der Waals surface area contributed by atoms with Crippen LogP contribution in [0, 0.1) is 0 Å². The van der Waals surface area contributed by atoms with Crippen molar-refractivity contribution in [3.05, 3.63) is 29.0 Å². The number of hydrogen-bond acceptors (Lipinski definition) is 2. The second-order valence-electron chi connectivity index (χ2n) is 3.06. The molecule has 0 radical (unpaired) electrons. The first-order valence-corrected chi connectivity index (χ1v) is 4.81. The summed E-state index contributed by atoms with van der Waals surface area (Å²) in [5.74, 6) is 0.912. The number of rotatable bonds is 3. The second kappa shape index (κ2) is 3.98. The van der Waals surface area contributed by atoms with Crippen molar-refractivity contribution >= 4 is 22.6 Å². The van der Waals surface area contributed by atoms with Crippen LogP contribution in [0.3, 0.4) is 0 Å². The summed E-state index contributed by atoms with van der Waals surface area (Å²) in [5, 5.41) is 0.683. The summed E-state index contributed by atoms with van der Waals surface area (Å²) in [7, 11) is 1.68. The molecule has 4 heteroatoms. The van der Waals surface area contributed by atoms with Crippen molar-refractivity contribution in [2.24, 2.45) is 0 Å². The van der Waals surface area contributed by atoms with Crippen molar-refractivity contribution in [3.8, 4) is 0 Å². The number of H-pyrrole nitrogens is 1. The maximum Gasteiger partial charge on any atom is 0.109 e. The zero-order chi connectivity index (χ0) is 9.97. The lowest BCUT2D eigenvalue weighted by Crippen LogP contribution is -1.95. The summed E-state index contributed by atoms with van der Waals surface area (Å²) in [6.07, 6.45) is 0.779. The second-order valence-corrected chi connectivity index (χ2v) is 3.47. The van der Waals surface area contributed by atoms with Crippen LogP contribution >= 0.6 is 11.6 Å². The highest BCUT2D eigenvalue weighted by Crippen LogP contribution is 2.20. The molecule has 14 heavy (non-hydrogen) atoms. The van der Waals surface area contributed by atoms with E-state index in [0.717, 1.165) is 23.3 Å². The van der Waals surface area contributed by atoms with E-state index < -0.39 is 0 Å². The number of methoxy groups -OCH3 is 1. The zero-order valence-corrected chi connectivity index (χ0v) is 8.64. The first-order valence-electron chi connectivity index (χ1n) is 4.43. The van der Waals surface area contributed by atoms with E-state index in [0.29, 0.717) is 11.6 Å². The summed E-state index contributed by atoms with van der Waals surface area (Å²) in [4.78, 5) is 7.58. The van der Waals surface area contributed by atoms with Gasteiger partial charge in [-0.3, -0.25) is 0 Å². The van der Waals surface area contributed by atoms with Crippen LogP contribution in [0.2, 0.25) is 5.02 Å². The molecular formula is C10H11ClN2O. The Kier molecular flexibility index (Phi) is 2.70. The van der Waals surface area contributed by atoms with Gasteiger partial charge >= 0.3 is 0 Å². The molecule has 1 aromatic carbocycles. The van der Waals surface area contributed by atoms with Gasteiger partial charge in [0.1, 0.15) is 11.3 Å². The fourth-order valence-electron chi connectivity index (χ4n) is 1.37. The van der Waals surface area contributed by atoms with Crippen LogP contribution in [-0.2, 0) is 11.2 Å². The van der Waals surface area contributed by atoms with E-state index in [1.165, 1.54) is 0 Å². The van der Waals surface area contributed by atoms with E-state index in [1.54, 1.807) is 7.11 Å². The third-order valence-corrected chi connectivity index (χ3v) is 2.36. The molecule has 0 saturated heterocycles. The third kappa shape index (κ3) is 1.74. The number of para-hydroxylation sites is 1. The van der Waals surface area contributed by atoms with Gasteiger partial charge in [-0.05, 0) is 12.1 Å².